The topological polar surface area (TPSA) is 52.6 Å². The number of aliphatic hydroxyl groups excluding tert-OH is 1. The molecule has 0 aliphatic carbocycles. The van der Waals surface area contributed by atoms with Gasteiger partial charge < -0.3 is 15.3 Å². The van der Waals surface area contributed by atoms with Gasteiger partial charge in [0.2, 0.25) is 0 Å². The molecule has 0 aromatic heterocycles. The van der Waals surface area contributed by atoms with Crippen molar-refractivity contribution in [1.82, 2.24) is 10.2 Å². The highest BCUT2D eigenvalue weighted by Gasteiger charge is 2.36. The molecule has 1 saturated heterocycles. The normalized spacial score (nSPS) is 18.7. The Morgan fingerprint density at radius 1 is 1.23 bits per heavy atom. The zero-order chi connectivity index (χ0) is 18.9. The minimum Gasteiger partial charge on any atom is -0.387 e. The van der Waals surface area contributed by atoms with Crippen molar-refractivity contribution in [2.24, 2.45) is 0 Å². The van der Waals surface area contributed by atoms with E-state index in [1.165, 1.54) is 11.0 Å². The van der Waals surface area contributed by atoms with Crippen LogP contribution in [0, 0.1) is 0 Å². The fourth-order valence-corrected chi connectivity index (χ4v) is 3.07. The van der Waals surface area contributed by atoms with E-state index in [9.17, 15) is 23.1 Å². The molecule has 1 fully saturated rings. The number of nitrogens with zero attached hydrogens (tertiary/aromatic N) is 1. The molecule has 2 atom stereocenters. The van der Waals surface area contributed by atoms with Crippen LogP contribution < -0.4 is 5.32 Å². The Morgan fingerprint density at radius 3 is 2.58 bits per heavy atom. The summed E-state index contributed by atoms with van der Waals surface area (Å²) in [7, 11) is 0. The second-order valence-corrected chi connectivity index (χ2v) is 6.48. The molecular weight excluding hydrogens is 369 g/mol. The third-order valence-electron chi connectivity index (χ3n) is 4.31. The first kappa shape index (κ1) is 18.5. The van der Waals surface area contributed by atoms with E-state index < -0.39 is 29.9 Å². The number of aliphatic hydroxyl groups is 1. The van der Waals surface area contributed by atoms with Crippen LogP contribution in [-0.4, -0.2) is 29.1 Å². The molecule has 1 heterocycles. The predicted octanol–water partition coefficient (Wildman–Crippen LogP) is 4.16. The molecule has 2 aromatic carbocycles. The van der Waals surface area contributed by atoms with E-state index in [1.807, 2.05) is 0 Å². The Kier molecular flexibility index (Phi) is 5.11. The molecule has 26 heavy (non-hydrogen) atoms. The Morgan fingerprint density at radius 2 is 1.92 bits per heavy atom. The lowest BCUT2D eigenvalue weighted by atomic mass is 10.0. The number of benzene rings is 2. The van der Waals surface area contributed by atoms with Crippen LogP contribution in [0.2, 0.25) is 5.02 Å². The Labute approximate surface area is 153 Å². The highest BCUT2D eigenvalue weighted by Crippen LogP contribution is 2.33. The molecule has 8 heteroatoms. The second kappa shape index (κ2) is 7.17. The van der Waals surface area contributed by atoms with E-state index in [1.54, 1.807) is 30.3 Å². The second-order valence-electron chi connectivity index (χ2n) is 6.04. The summed E-state index contributed by atoms with van der Waals surface area (Å²) < 4.78 is 38.8. The van der Waals surface area contributed by atoms with Crippen LogP contribution >= 0.6 is 11.6 Å². The maximum atomic E-state index is 12.9. The number of β-amino-alcohol motifs (C(OH)–C–C–N with tert-alkyl or cyclic N) is 1. The number of urea groups is 1. The first-order valence-electron chi connectivity index (χ1n) is 7.91. The van der Waals surface area contributed by atoms with Gasteiger partial charge in [-0.1, -0.05) is 35.9 Å². The van der Waals surface area contributed by atoms with E-state index in [0.29, 0.717) is 16.1 Å². The van der Waals surface area contributed by atoms with Crippen LogP contribution in [0.3, 0.4) is 0 Å². The zero-order valence-corrected chi connectivity index (χ0v) is 14.3. The lowest BCUT2D eigenvalue weighted by Crippen LogP contribution is -2.33. The molecule has 1 aliphatic heterocycles. The highest BCUT2D eigenvalue weighted by molar-refractivity contribution is 6.30. The van der Waals surface area contributed by atoms with Crippen molar-refractivity contribution >= 4 is 17.6 Å². The van der Waals surface area contributed by atoms with Crippen molar-refractivity contribution in [3.05, 3.63) is 70.2 Å². The average molecular weight is 385 g/mol. The number of halogens is 4. The summed E-state index contributed by atoms with van der Waals surface area (Å²) in [6.07, 6.45) is -5.44. The SMILES string of the molecule is O=C1NC[C@H](c2cccc(C(F)(F)F)c2)N1CC(O)c1ccc(Cl)cc1. The van der Waals surface area contributed by atoms with E-state index in [4.69, 9.17) is 11.6 Å². The molecule has 138 valence electrons. The maximum absolute atomic E-state index is 12.9. The lowest BCUT2D eigenvalue weighted by molar-refractivity contribution is -0.137. The lowest BCUT2D eigenvalue weighted by Gasteiger charge is -2.26. The van der Waals surface area contributed by atoms with Gasteiger partial charge in [-0.15, -0.1) is 0 Å². The summed E-state index contributed by atoms with van der Waals surface area (Å²) >= 11 is 5.82. The molecule has 2 N–H and O–H groups in total. The molecule has 0 saturated carbocycles. The molecule has 0 bridgehead atoms. The highest BCUT2D eigenvalue weighted by atomic mass is 35.5. The van der Waals surface area contributed by atoms with Gasteiger partial charge in [0.25, 0.3) is 0 Å². The average Bonchev–Trinajstić information content (AvgIpc) is 2.95. The quantitative estimate of drug-likeness (QED) is 0.831. The summed E-state index contributed by atoms with van der Waals surface area (Å²) in [5.41, 5.74) is 0.158. The smallest absolute Gasteiger partial charge is 0.387 e. The van der Waals surface area contributed by atoms with Gasteiger partial charge >= 0.3 is 12.2 Å². The van der Waals surface area contributed by atoms with E-state index in [0.717, 1.165) is 12.1 Å². The van der Waals surface area contributed by atoms with Gasteiger partial charge in [0.05, 0.1) is 24.3 Å². The number of rotatable bonds is 4. The number of amides is 2. The molecule has 4 nitrogen and oxygen atoms in total. The van der Waals surface area contributed by atoms with Crippen molar-refractivity contribution < 1.29 is 23.1 Å². The van der Waals surface area contributed by atoms with Gasteiger partial charge in [-0.2, -0.15) is 13.2 Å². The first-order chi connectivity index (χ1) is 12.3. The van der Waals surface area contributed by atoms with Gasteiger partial charge in [-0.3, -0.25) is 0 Å². The number of carbonyl (C=O) groups excluding carboxylic acids is 1. The Bertz CT molecular complexity index is 796. The van der Waals surface area contributed by atoms with Gasteiger partial charge in [-0.25, -0.2) is 4.79 Å². The largest absolute Gasteiger partial charge is 0.416 e. The zero-order valence-electron chi connectivity index (χ0n) is 13.5. The third-order valence-corrected chi connectivity index (χ3v) is 4.56. The molecule has 3 rings (SSSR count). The van der Waals surface area contributed by atoms with Crippen LogP contribution in [0.25, 0.3) is 0 Å². The van der Waals surface area contributed by atoms with Crippen molar-refractivity contribution in [1.29, 1.82) is 0 Å². The number of hydrogen-bond acceptors (Lipinski definition) is 2. The van der Waals surface area contributed by atoms with Crippen LogP contribution in [0.1, 0.15) is 28.8 Å². The summed E-state index contributed by atoms with van der Waals surface area (Å²) in [6.45, 7) is 0.127. The number of carbonyl (C=O) groups is 1. The molecule has 0 radical (unpaired) electrons. The molecule has 1 unspecified atom stereocenters. The fourth-order valence-electron chi connectivity index (χ4n) is 2.94. The maximum Gasteiger partial charge on any atom is 0.416 e. The van der Waals surface area contributed by atoms with Gasteiger partial charge in [0, 0.05) is 11.6 Å². The van der Waals surface area contributed by atoms with Gasteiger partial charge in [-0.05, 0) is 35.4 Å². The van der Waals surface area contributed by atoms with E-state index in [-0.39, 0.29) is 13.1 Å². The molecule has 0 spiro atoms. The first-order valence-corrected chi connectivity index (χ1v) is 8.28. The van der Waals surface area contributed by atoms with Gasteiger partial charge in [0.15, 0.2) is 0 Å². The Balaban J connectivity index is 1.82. The van der Waals surface area contributed by atoms with Crippen LogP contribution in [0.5, 0.6) is 0 Å². The number of hydrogen-bond donors (Lipinski definition) is 2. The van der Waals surface area contributed by atoms with Crippen LogP contribution in [0.4, 0.5) is 18.0 Å². The van der Waals surface area contributed by atoms with Gasteiger partial charge in [0.1, 0.15) is 0 Å². The van der Waals surface area contributed by atoms with Crippen molar-refractivity contribution in [2.75, 3.05) is 13.1 Å². The molecular formula is C18H16ClF3N2O2. The summed E-state index contributed by atoms with van der Waals surface area (Å²) in [4.78, 5) is 13.5. The minimum atomic E-state index is -4.46. The van der Waals surface area contributed by atoms with Crippen molar-refractivity contribution in [3.63, 3.8) is 0 Å². The third kappa shape index (κ3) is 3.94. The monoisotopic (exact) mass is 384 g/mol. The summed E-state index contributed by atoms with van der Waals surface area (Å²) in [5.74, 6) is 0. The predicted molar refractivity (Wildman–Crippen MR) is 90.7 cm³/mol. The van der Waals surface area contributed by atoms with Crippen molar-refractivity contribution in [2.45, 2.75) is 18.3 Å². The summed E-state index contributed by atoms with van der Waals surface area (Å²) in [5, 5.41) is 13.5. The Hall–Kier alpha value is -2.25. The fraction of sp³-hybridized carbons (Fsp3) is 0.278. The van der Waals surface area contributed by atoms with Crippen molar-refractivity contribution in [3.8, 4) is 0 Å². The molecule has 2 aromatic rings. The molecule has 1 aliphatic rings. The standard InChI is InChI=1S/C18H16ClF3N2O2/c19-14-6-4-11(5-7-14)16(25)10-24-15(9-23-17(24)26)12-2-1-3-13(8-12)18(20,21)22/h1-8,15-16,25H,9-10H2,(H,23,26)/t15-,16?/m1/s1. The van der Waals surface area contributed by atoms with E-state index >= 15 is 0 Å². The molecule has 2 amide bonds. The van der Waals surface area contributed by atoms with Crippen LogP contribution in [0.15, 0.2) is 48.5 Å². The summed E-state index contributed by atoms with van der Waals surface area (Å²) in [6, 6.07) is 10.4. The van der Waals surface area contributed by atoms with Crippen LogP contribution in [-0.2, 0) is 6.18 Å². The van der Waals surface area contributed by atoms with E-state index in [2.05, 4.69) is 5.32 Å². The number of alkyl halides is 3. The minimum absolute atomic E-state index is 0.0472. The number of nitrogens with one attached hydrogen (secondary N) is 1.